The van der Waals surface area contributed by atoms with Crippen LogP contribution in [0.4, 0.5) is 4.39 Å². The van der Waals surface area contributed by atoms with Crippen molar-refractivity contribution in [1.29, 1.82) is 0 Å². The van der Waals surface area contributed by atoms with Crippen LogP contribution in [0.3, 0.4) is 0 Å². The highest BCUT2D eigenvalue weighted by atomic mass is 32.2. The highest BCUT2D eigenvalue weighted by Gasteiger charge is 2.13. The topological polar surface area (TPSA) is 12.0 Å². The van der Waals surface area contributed by atoms with E-state index in [4.69, 9.17) is 0 Å². The van der Waals surface area contributed by atoms with Gasteiger partial charge in [0.25, 0.3) is 0 Å². The standard InChI is InChI=1S/C12H16FNS/c13-12-3-1-10(2-4-12)8-15-9-11-5-6-14-7-11/h1-4,11,14H,5-9H2/t11-/m1/s1. The Morgan fingerprint density at radius 2 is 2.13 bits per heavy atom. The first-order valence-electron chi connectivity index (χ1n) is 5.37. The number of nitrogens with one attached hydrogen (secondary N) is 1. The first-order valence-corrected chi connectivity index (χ1v) is 6.53. The second-order valence-corrected chi connectivity index (χ2v) is 5.03. The molecule has 15 heavy (non-hydrogen) atoms. The van der Waals surface area contributed by atoms with E-state index >= 15 is 0 Å². The van der Waals surface area contributed by atoms with Gasteiger partial charge in [-0.3, -0.25) is 0 Å². The Morgan fingerprint density at radius 3 is 2.80 bits per heavy atom. The number of halogens is 1. The highest BCUT2D eigenvalue weighted by Crippen LogP contribution is 2.19. The molecule has 0 aromatic heterocycles. The molecule has 82 valence electrons. The van der Waals surface area contributed by atoms with Crippen molar-refractivity contribution in [3.8, 4) is 0 Å². The smallest absolute Gasteiger partial charge is 0.123 e. The number of hydrogen-bond acceptors (Lipinski definition) is 2. The lowest BCUT2D eigenvalue weighted by Crippen LogP contribution is -2.10. The predicted octanol–water partition coefficient (Wildman–Crippen LogP) is 2.67. The minimum absolute atomic E-state index is 0.149. The molecule has 0 bridgehead atoms. The van der Waals surface area contributed by atoms with E-state index in [-0.39, 0.29) is 5.82 Å². The van der Waals surface area contributed by atoms with Crippen LogP contribution in [0.5, 0.6) is 0 Å². The van der Waals surface area contributed by atoms with Crippen LogP contribution < -0.4 is 5.32 Å². The quantitative estimate of drug-likeness (QED) is 0.845. The lowest BCUT2D eigenvalue weighted by atomic mass is 10.2. The molecule has 0 unspecified atom stereocenters. The van der Waals surface area contributed by atoms with Crippen LogP contribution in [0.2, 0.25) is 0 Å². The summed E-state index contributed by atoms with van der Waals surface area (Å²) in [5.41, 5.74) is 1.22. The maximum Gasteiger partial charge on any atom is 0.123 e. The van der Waals surface area contributed by atoms with Crippen molar-refractivity contribution in [1.82, 2.24) is 5.32 Å². The van der Waals surface area contributed by atoms with Crippen LogP contribution in [0.1, 0.15) is 12.0 Å². The van der Waals surface area contributed by atoms with E-state index < -0.39 is 0 Å². The number of benzene rings is 1. The molecule has 0 aliphatic carbocycles. The largest absolute Gasteiger partial charge is 0.316 e. The Hall–Kier alpha value is -0.540. The Labute approximate surface area is 94.5 Å². The summed E-state index contributed by atoms with van der Waals surface area (Å²) in [5, 5.41) is 3.37. The van der Waals surface area contributed by atoms with Crippen LogP contribution in [0.25, 0.3) is 0 Å². The fourth-order valence-corrected chi connectivity index (χ4v) is 2.94. The number of thioether (sulfide) groups is 1. The molecule has 1 saturated heterocycles. The average molecular weight is 225 g/mol. The first kappa shape index (κ1) is 11.0. The molecule has 0 amide bonds. The van der Waals surface area contributed by atoms with E-state index in [0.29, 0.717) is 0 Å². The van der Waals surface area contributed by atoms with Crippen molar-refractivity contribution in [2.75, 3.05) is 18.8 Å². The van der Waals surface area contributed by atoms with Crippen LogP contribution in [-0.2, 0) is 5.75 Å². The van der Waals surface area contributed by atoms with Gasteiger partial charge in [0.05, 0.1) is 0 Å². The molecule has 2 rings (SSSR count). The molecule has 0 saturated carbocycles. The highest BCUT2D eigenvalue weighted by molar-refractivity contribution is 7.98. The Balaban J connectivity index is 1.71. The minimum Gasteiger partial charge on any atom is -0.316 e. The third-order valence-electron chi connectivity index (χ3n) is 2.70. The lowest BCUT2D eigenvalue weighted by Gasteiger charge is -2.07. The third kappa shape index (κ3) is 3.50. The van der Waals surface area contributed by atoms with Gasteiger partial charge in [0, 0.05) is 5.75 Å². The number of rotatable bonds is 4. The molecular weight excluding hydrogens is 209 g/mol. The van der Waals surface area contributed by atoms with E-state index in [0.717, 1.165) is 18.2 Å². The van der Waals surface area contributed by atoms with E-state index in [2.05, 4.69) is 5.32 Å². The molecule has 1 aromatic carbocycles. The Bertz CT molecular complexity index is 293. The summed E-state index contributed by atoms with van der Waals surface area (Å²) in [7, 11) is 0. The molecule has 1 heterocycles. The van der Waals surface area contributed by atoms with Gasteiger partial charge in [-0.05, 0) is 48.9 Å². The molecular formula is C12H16FNS. The fourth-order valence-electron chi connectivity index (χ4n) is 1.78. The summed E-state index contributed by atoms with van der Waals surface area (Å²) >= 11 is 1.95. The third-order valence-corrected chi connectivity index (χ3v) is 3.94. The van der Waals surface area contributed by atoms with Crippen molar-refractivity contribution in [3.05, 3.63) is 35.6 Å². The van der Waals surface area contributed by atoms with Crippen molar-refractivity contribution >= 4 is 11.8 Å². The molecule has 0 radical (unpaired) electrons. The van der Waals surface area contributed by atoms with Gasteiger partial charge >= 0.3 is 0 Å². The monoisotopic (exact) mass is 225 g/mol. The molecule has 1 aromatic rings. The van der Waals surface area contributed by atoms with Gasteiger partial charge in [0.1, 0.15) is 5.82 Å². The van der Waals surface area contributed by atoms with Gasteiger partial charge in [-0.15, -0.1) is 0 Å². The van der Waals surface area contributed by atoms with Gasteiger partial charge in [-0.1, -0.05) is 12.1 Å². The molecule has 0 spiro atoms. The summed E-state index contributed by atoms with van der Waals surface area (Å²) in [6.45, 7) is 2.33. The van der Waals surface area contributed by atoms with E-state index in [1.54, 1.807) is 0 Å². The molecule has 1 fully saturated rings. The van der Waals surface area contributed by atoms with E-state index in [9.17, 15) is 4.39 Å². The molecule has 1 aliphatic heterocycles. The van der Waals surface area contributed by atoms with Gasteiger partial charge in [0.2, 0.25) is 0 Å². The van der Waals surface area contributed by atoms with Gasteiger partial charge in [-0.2, -0.15) is 11.8 Å². The predicted molar refractivity (Wildman–Crippen MR) is 63.5 cm³/mol. The molecule has 1 aliphatic rings. The van der Waals surface area contributed by atoms with Gasteiger partial charge < -0.3 is 5.32 Å². The zero-order valence-electron chi connectivity index (χ0n) is 8.71. The maximum atomic E-state index is 12.6. The molecule has 1 nitrogen and oxygen atoms in total. The fraction of sp³-hybridized carbons (Fsp3) is 0.500. The van der Waals surface area contributed by atoms with Crippen molar-refractivity contribution in [3.63, 3.8) is 0 Å². The zero-order valence-corrected chi connectivity index (χ0v) is 9.52. The summed E-state index contributed by atoms with van der Waals surface area (Å²) in [6, 6.07) is 6.81. The summed E-state index contributed by atoms with van der Waals surface area (Å²) in [5.74, 6) is 2.89. The maximum absolute atomic E-state index is 12.6. The van der Waals surface area contributed by atoms with Crippen LogP contribution in [0, 0.1) is 11.7 Å². The van der Waals surface area contributed by atoms with Crippen LogP contribution in [-0.4, -0.2) is 18.8 Å². The SMILES string of the molecule is Fc1ccc(CSC[C@@H]2CCNC2)cc1. The van der Waals surface area contributed by atoms with Crippen LogP contribution >= 0.6 is 11.8 Å². The second-order valence-electron chi connectivity index (χ2n) is 4.00. The van der Waals surface area contributed by atoms with E-state index in [1.807, 2.05) is 23.9 Å². The average Bonchev–Trinajstić information content (AvgIpc) is 2.74. The van der Waals surface area contributed by atoms with E-state index in [1.165, 1.54) is 36.4 Å². The van der Waals surface area contributed by atoms with Crippen molar-refractivity contribution in [2.45, 2.75) is 12.2 Å². The van der Waals surface area contributed by atoms with Gasteiger partial charge in [0.15, 0.2) is 0 Å². The Kier molecular flexibility index (Phi) is 4.03. The molecule has 1 N–H and O–H groups in total. The number of hydrogen-bond donors (Lipinski definition) is 1. The first-order chi connectivity index (χ1) is 7.34. The summed E-state index contributed by atoms with van der Waals surface area (Å²) in [6.07, 6.45) is 1.30. The minimum atomic E-state index is -0.149. The summed E-state index contributed by atoms with van der Waals surface area (Å²) < 4.78 is 12.6. The summed E-state index contributed by atoms with van der Waals surface area (Å²) in [4.78, 5) is 0. The molecule has 1 atom stereocenters. The second kappa shape index (κ2) is 5.52. The normalized spacial score (nSPS) is 20.7. The van der Waals surface area contributed by atoms with Crippen molar-refractivity contribution < 1.29 is 4.39 Å². The van der Waals surface area contributed by atoms with Crippen LogP contribution in [0.15, 0.2) is 24.3 Å². The molecule has 3 heteroatoms. The lowest BCUT2D eigenvalue weighted by molar-refractivity contribution is 0.627. The van der Waals surface area contributed by atoms with Crippen molar-refractivity contribution in [2.24, 2.45) is 5.92 Å². The zero-order chi connectivity index (χ0) is 10.5. The Morgan fingerprint density at radius 1 is 1.33 bits per heavy atom. The van der Waals surface area contributed by atoms with Gasteiger partial charge in [-0.25, -0.2) is 4.39 Å².